The molecule has 2 N–H and O–H groups in total. The molecule has 1 amide bonds. The number of anilines is 1. The molecule has 0 spiro atoms. The zero-order chi connectivity index (χ0) is 17.7. The molecule has 1 unspecified atom stereocenters. The summed E-state index contributed by atoms with van der Waals surface area (Å²) in [7, 11) is 1.79. The molecule has 0 aliphatic rings. The number of quaternary nitrogens is 1. The molecule has 0 heterocycles. The van der Waals surface area contributed by atoms with Crippen LogP contribution in [0.2, 0.25) is 5.02 Å². The van der Waals surface area contributed by atoms with Crippen LogP contribution in [0, 0.1) is 0 Å². The zero-order valence-electron chi connectivity index (χ0n) is 13.0. The van der Waals surface area contributed by atoms with Crippen molar-refractivity contribution in [1.82, 2.24) is 0 Å². The number of halogens is 4. The van der Waals surface area contributed by atoms with Crippen molar-refractivity contribution in [3.8, 4) is 0 Å². The Morgan fingerprint density at radius 3 is 2.54 bits per heavy atom. The van der Waals surface area contributed by atoms with E-state index in [9.17, 15) is 18.0 Å². The summed E-state index contributed by atoms with van der Waals surface area (Å²) in [5, 5.41) is 2.94. The highest BCUT2D eigenvalue weighted by Crippen LogP contribution is 2.34. The van der Waals surface area contributed by atoms with E-state index >= 15 is 0 Å². The fourth-order valence-electron chi connectivity index (χ4n) is 2.37. The summed E-state index contributed by atoms with van der Waals surface area (Å²) >= 11 is 5.91. The Balaban J connectivity index is 1.98. The number of rotatable bonds is 5. The molecular formula is C17H17ClF3N2O+. The molecule has 0 aromatic heterocycles. The highest BCUT2D eigenvalue weighted by atomic mass is 35.5. The van der Waals surface area contributed by atoms with Crippen LogP contribution >= 0.6 is 11.6 Å². The lowest BCUT2D eigenvalue weighted by Crippen LogP contribution is -3.08. The third-order valence-corrected chi connectivity index (χ3v) is 3.60. The van der Waals surface area contributed by atoms with Gasteiger partial charge < -0.3 is 10.2 Å². The number of hydrogen-bond donors (Lipinski definition) is 2. The molecule has 2 aromatic rings. The molecule has 24 heavy (non-hydrogen) atoms. The van der Waals surface area contributed by atoms with E-state index < -0.39 is 17.6 Å². The first kappa shape index (κ1) is 18.3. The first-order chi connectivity index (χ1) is 11.3. The Labute approximate surface area is 143 Å². The van der Waals surface area contributed by atoms with Crippen LogP contribution in [0.5, 0.6) is 0 Å². The normalized spacial score (nSPS) is 12.7. The van der Waals surface area contributed by atoms with E-state index in [0.29, 0.717) is 11.6 Å². The van der Waals surface area contributed by atoms with Gasteiger partial charge in [0.1, 0.15) is 6.54 Å². The minimum atomic E-state index is -4.51. The molecule has 2 rings (SSSR count). The highest BCUT2D eigenvalue weighted by molar-refractivity contribution is 6.30. The van der Waals surface area contributed by atoms with Gasteiger partial charge in [-0.3, -0.25) is 4.79 Å². The predicted octanol–water partition coefficient (Wildman–Crippen LogP) is 3.01. The zero-order valence-corrected chi connectivity index (χ0v) is 13.7. The molecule has 0 aliphatic heterocycles. The summed E-state index contributed by atoms with van der Waals surface area (Å²) in [6.07, 6.45) is -4.51. The van der Waals surface area contributed by atoms with Crippen molar-refractivity contribution in [2.75, 3.05) is 18.9 Å². The molecule has 0 saturated carbocycles. The van der Waals surface area contributed by atoms with Crippen molar-refractivity contribution < 1.29 is 22.9 Å². The second-order valence-electron chi connectivity index (χ2n) is 5.53. The van der Waals surface area contributed by atoms with Crippen LogP contribution in [0.4, 0.5) is 18.9 Å². The maximum absolute atomic E-state index is 12.9. The Hall–Kier alpha value is -2.05. The molecular weight excluding hydrogens is 341 g/mol. The molecule has 2 aromatic carbocycles. The monoisotopic (exact) mass is 357 g/mol. The van der Waals surface area contributed by atoms with Gasteiger partial charge in [-0.15, -0.1) is 0 Å². The van der Waals surface area contributed by atoms with E-state index in [0.717, 1.165) is 16.5 Å². The van der Waals surface area contributed by atoms with Gasteiger partial charge in [0.15, 0.2) is 6.54 Å². The fraction of sp³-hybridized carbons (Fsp3) is 0.235. The smallest absolute Gasteiger partial charge is 0.326 e. The van der Waals surface area contributed by atoms with E-state index in [1.54, 1.807) is 19.2 Å². The van der Waals surface area contributed by atoms with E-state index in [1.165, 1.54) is 18.2 Å². The molecule has 3 nitrogen and oxygen atoms in total. The number of likely N-dealkylation sites (N-methyl/N-ethyl adjacent to an activating group) is 1. The number of benzene rings is 2. The van der Waals surface area contributed by atoms with Gasteiger partial charge in [-0.25, -0.2) is 0 Å². The Kier molecular flexibility index (Phi) is 5.85. The Bertz CT molecular complexity index is 719. The van der Waals surface area contributed by atoms with Gasteiger partial charge in [-0.05, 0) is 24.3 Å². The maximum atomic E-state index is 12.9. The van der Waals surface area contributed by atoms with E-state index in [4.69, 9.17) is 11.6 Å². The maximum Gasteiger partial charge on any atom is 0.418 e. The molecule has 0 fully saturated rings. The first-order valence-electron chi connectivity index (χ1n) is 7.27. The Morgan fingerprint density at radius 2 is 1.88 bits per heavy atom. The van der Waals surface area contributed by atoms with Crippen LogP contribution in [0.1, 0.15) is 11.1 Å². The summed E-state index contributed by atoms with van der Waals surface area (Å²) in [6, 6.07) is 12.2. The molecule has 7 heteroatoms. The molecule has 128 valence electrons. The molecule has 0 bridgehead atoms. The van der Waals surface area contributed by atoms with Crippen molar-refractivity contribution in [3.63, 3.8) is 0 Å². The fourth-order valence-corrected chi connectivity index (χ4v) is 2.58. The lowest BCUT2D eigenvalue weighted by atomic mass is 10.1. The van der Waals surface area contributed by atoms with Crippen molar-refractivity contribution in [2.24, 2.45) is 0 Å². The second kappa shape index (κ2) is 7.68. The van der Waals surface area contributed by atoms with Crippen LogP contribution in [-0.4, -0.2) is 19.5 Å². The SMILES string of the molecule is C[NH+](CC(=O)Nc1ccccc1C(F)(F)F)Cc1cccc(Cl)c1. The Morgan fingerprint density at radius 1 is 1.17 bits per heavy atom. The standard InChI is InChI=1S/C17H16ClF3N2O/c1-23(10-12-5-4-6-13(18)9-12)11-16(24)22-15-8-3-2-7-14(15)17(19,20)21/h2-9H,10-11H2,1H3,(H,22,24)/p+1. The van der Waals surface area contributed by atoms with Gasteiger partial charge in [0.05, 0.1) is 18.3 Å². The quantitative estimate of drug-likeness (QED) is 0.847. The molecule has 0 saturated heterocycles. The van der Waals surface area contributed by atoms with Gasteiger partial charge in [0, 0.05) is 10.6 Å². The number of nitrogens with one attached hydrogen (secondary N) is 2. The highest BCUT2D eigenvalue weighted by Gasteiger charge is 2.33. The van der Waals surface area contributed by atoms with Crippen molar-refractivity contribution in [3.05, 3.63) is 64.7 Å². The summed E-state index contributed by atoms with van der Waals surface area (Å²) in [4.78, 5) is 12.9. The van der Waals surface area contributed by atoms with E-state index in [-0.39, 0.29) is 12.2 Å². The van der Waals surface area contributed by atoms with Gasteiger partial charge in [0.25, 0.3) is 5.91 Å². The van der Waals surface area contributed by atoms with Crippen LogP contribution in [0.3, 0.4) is 0 Å². The second-order valence-corrected chi connectivity index (χ2v) is 5.97. The number of amides is 1. The van der Waals surface area contributed by atoms with Crippen molar-refractivity contribution in [2.45, 2.75) is 12.7 Å². The molecule has 0 radical (unpaired) electrons. The average Bonchev–Trinajstić information content (AvgIpc) is 2.46. The third kappa shape index (κ3) is 5.25. The van der Waals surface area contributed by atoms with Crippen LogP contribution in [0.25, 0.3) is 0 Å². The largest absolute Gasteiger partial charge is 0.418 e. The molecule has 1 atom stereocenters. The number of carbonyl (C=O) groups is 1. The predicted molar refractivity (Wildman–Crippen MR) is 87.0 cm³/mol. The van der Waals surface area contributed by atoms with E-state index in [2.05, 4.69) is 5.32 Å². The third-order valence-electron chi connectivity index (χ3n) is 3.36. The molecule has 0 aliphatic carbocycles. The summed E-state index contributed by atoms with van der Waals surface area (Å²) < 4.78 is 38.8. The van der Waals surface area contributed by atoms with Gasteiger partial charge >= 0.3 is 6.18 Å². The first-order valence-corrected chi connectivity index (χ1v) is 7.65. The summed E-state index contributed by atoms with van der Waals surface area (Å²) in [6.45, 7) is 0.577. The van der Waals surface area contributed by atoms with Crippen LogP contribution < -0.4 is 10.2 Å². The van der Waals surface area contributed by atoms with E-state index in [1.807, 2.05) is 12.1 Å². The number of alkyl halides is 3. The van der Waals surface area contributed by atoms with Gasteiger partial charge in [-0.1, -0.05) is 35.9 Å². The lowest BCUT2D eigenvalue weighted by molar-refractivity contribution is -0.885. The summed E-state index contributed by atoms with van der Waals surface area (Å²) in [5.41, 5.74) is -0.139. The summed E-state index contributed by atoms with van der Waals surface area (Å²) in [5.74, 6) is -0.480. The number of carbonyl (C=O) groups excluding carboxylic acids is 1. The van der Waals surface area contributed by atoms with Crippen molar-refractivity contribution >= 4 is 23.2 Å². The minimum Gasteiger partial charge on any atom is -0.326 e. The van der Waals surface area contributed by atoms with Crippen molar-refractivity contribution in [1.29, 1.82) is 0 Å². The van der Waals surface area contributed by atoms with Crippen LogP contribution in [-0.2, 0) is 17.5 Å². The number of para-hydroxylation sites is 1. The number of hydrogen-bond acceptors (Lipinski definition) is 1. The minimum absolute atomic E-state index is 0.0404. The topological polar surface area (TPSA) is 33.5 Å². The van der Waals surface area contributed by atoms with Crippen LogP contribution in [0.15, 0.2) is 48.5 Å². The average molecular weight is 358 g/mol. The van der Waals surface area contributed by atoms with Gasteiger partial charge in [0.2, 0.25) is 0 Å². The lowest BCUT2D eigenvalue weighted by Gasteiger charge is -2.16. The van der Waals surface area contributed by atoms with Gasteiger partial charge in [-0.2, -0.15) is 13.2 Å².